The van der Waals surface area contributed by atoms with Gasteiger partial charge in [-0.05, 0) is 88.5 Å². The van der Waals surface area contributed by atoms with Gasteiger partial charge >= 0.3 is 0 Å². The topological polar surface area (TPSA) is 71.4 Å². The molecule has 30 heavy (non-hydrogen) atoms. The molecular weight excluding hydrogens is 376 g/mol. The van der Waals surface area contributed by atoms with E-state index in [-0.39, 0.29) is 40.5 Å². The summed E-state index contributed by atoms with van der Waals surface area (Å²) < 4.78 is 0. The van der Waals surface area contributed by atoms with Gasteiger partial charge in [0, 0.05) is 16.7 Å². The molecule has 1 aromatic carbocycles. The molecule has 1 aromatic rings. The molecule has 4 nitrogen and oxygen atoms in total. The lowest BCUT2D eigenvalue weighted by atomic mass is 9.54. The number of rotatable bonds is 1. The number of terminal acetylenes is 1. The third-order valence-corrected chi connectivity index (χ3v) is 7.65. The summed E-state index contributed by atoms with van der Waals surface area (Å²) in [4.78, 5) is 39.1. The molecule has 1 N–H and O–H groups in total. The van der Waals surface area contributed by atoms with Crippen molar-refractivity contribution in [1.29, 1.82) is 0 Å². The third-order valence-electron chi connectivity index (χ3n) is 7.65. The molecule has 3 aliphatic rings. The predicted molar refractivity (Wildman–Crippen MR) is 114 cm³/mol. The number of Topliss-reactive ketones (excluding diaryl/α,β-unsaturated/α-hetero) is 3. The minimum absolute atomic E-state index is 0.144. The van der Waals surface area contributed by atoms with Gasteiger partial charge in [0.15, 0.2) is 17.3 Å². The monoisotopic (exact) mass is 402 g/mol. The van der Waals surface area contributed by atoms with Crippen LogP contribution >= 0.6 is 0 Å². The fourth-order valence-corrected chi connectivity index (χ4v) is 5.82. The molecule has 3 atom stereocenters. The first-order chi connectivity index (χ1) is 14.0. The van der Waals surface area contributed by atoms with Crippen LogP contribution in [0.25, 0.3) is 0 Å². The summed E-state index contributed by atoms with van der Waals surface area (Å²) in [7, 11) is 0. The Morgan fingerprint density at radius 1 is 1.20 bits per heavy atom. The molecule has 0 heterocycles. The Balaban J connectivity index is 1.93. The number of ketones is 3. The van der Waals surface area contributed by atoms with Crippen molar-refractivity contribution in [1.82, 2.24) is 0 Å². The minimum atomic E-state index is -1.23. The number of allylic oxidation sites excluding steroid dienone is 4. The van der Waals surface area contributed by atoms with E-state index in [0.29, 0.717) is 30.4 Å². The van der Waals surface area contributed by atoms with Gasteiger partial charge in [0.05, 0.1) is 11.0 Å². The van der Waals surface area contributed by atoms with Gasteiger partial charge in [-0.3, -0.25) is 14.4 Å². The van der Waals surface area contributed by atoms with Crippen LogP contribution in [0.1, 0.15) is 66.2 Å². The largest absolute Gasteiger partial charge is 0.511 e. The predicted octanol–water partition coefficient (Wildman–Crippen LogP) is 4.36. The Kier molecular flexibility index (Phi) is 4.43. The van der Waals surface area contributed by atoms with Crippen LogP contribution in [-0.4, -0.2) is 22.5 Å². The van der Waals surface area contributed by atoms with Crippen LogP contribution < -0.4 is 0 Å². The van der Waals surface area contributed by atoms with Gasteiger partial charge in [-0.2, -0.15) is 0 Å². The van der Waals surface area contributed by atoms with Crippen molar-refractivity contribution in [2.45, 2.75) is 53.9 Å². The van der Waals surface area contributed by atoms with E-state index in [1.54, 1.807) is 6.92 Å². The number of aliphatic hydroxyl groups excluding tert-OH is 1. The highest BCUT2D eigenvalue weighted by Crippen LogP contribution is 2.55. The molecular formula is C26H26O4. The molecule has 4 heteroatoms. The first kappa shape index (κ1) is 20.3. The van der Waals surface area contributed by atoms with E-state index < -0.39 is 5.41 Å². The molecule has 0 bridgehead atoms. The Bertz CT molecular complexity index is 1150. The third kappa shape index (κ3) is 2.45. The van der Waals surface area contributed by atoms with Gasteiger partial charge < -0.3 is 5.11 Å². The first-order valence-electron chi connectivity index (χ1n) is 10.4. The summed E-state index contributed by atoms with van der Waals surface area (Å²) in [6, 6.07) is 1.92. The SMILES string of the molecule is C#Cc1cc2c(c(C)c1C)C(=O)C1=C(O)[C@@]3(C)C(=O)C(C(C)=O)=C(C)C[C@H]3C[C@H]1C2. The first-order valence-corrected chi connectivity index (χ1v) is 10.4. The van der Waals surface area contributed by atoms with Gasteiger partial charge in [-0.15, -0.1) is 6.42 Å². The smallest absolute Gasteiger partial charge is 0.193 e. The fourth-order valence-electron chi connectivity index (χ4n) is 5.82. The van der Waals surface area contributed by atoms with Crippen LogP contribution in [0.4, 0.5) is 0 Å². The molecule has 0 saturated carbocycles. The zero-order valence-corrected chi connectivity index (χ0v) is 18.1. The van der Waals surface area contributed by atoms with Crippen LogP contribution in [0.5, 0.6) is 0 Å². The van der Waals surface area contributed by atoms with E-state index in [2.05, 4.69) is 5.92 Å². The van der Waals surface area contributed by atoms with Crippen LogP contribution in [0.3, 0.4) is 0 Å². The second kappa shape index (κ2) is 6.54. The second-order valence-corrected chi connectivity index (χ2v) is 9.22. The van der Waals surface area contributed by atoms with Gasteiger partial charge in [0.1, 0.15) is 5.76 Å². The van der Waals surface area contributed by atoms with E-state index in [9.17, 15) is 19.5 Å². The van der Waals surface area contributed by atoms with Gasteiger partial charge in [-0.25, -0.2) is 0 Å². The lowest BCUT2D eigenvalue weighted by Crippen LogP contribution is -2.49. The van der Waals surface area contributed by atoms with Crippen molar-refractivity contribution in [2.75, 3.05) is 0 Å². The fraction of sp³-hybridized carbons (Fsp3) is 0.423. The number of aliphatic hydroxyl groups is 1. The summed E-state index contributed by atoms with van der Waals surface area (Å²) >= 11 is 0. The van der Waals surface area contributed by atoms with Crippen LogP contribution in [0.2, 0.25) is 0 Å². The van der Waals surface area contributed by atoms with E-state index in [4.69, 9.17) is 6.42 Å². The normalized spacial score (nSPS) is 28.0. The highest BCUT2D eigenvalue weighted by atomic mass is 16.3. The average Bonchev–Trinajstić information content (AvgIpc) is 2.67. The van der Waals surface area contributed by atoms with Crippen LogP contribution in [0.15, 0.2) is 28.5 Å². The summed E-state index contributed by atoms with van der Waals surface area (Å²) in [5, 5.41) is 11.3. The molecule has 0 amide bonds. The molecule has 3 aliphatic carbocycles. The van der Waals surface area contributed by atoms with Crippen molar-refractivity contribution in [3.8, 4) is 12.3 Å². The van der Waals surface area contributed by atoms with Gasteiger partial charge in [0.25, 0.3) is 0 Å². The quantitative estimate of drug-likeness (QED) is 0.560. The van der Waals surface area contributed by atoms with Crippen molar-refractivity contribution in [3.05, 3.63) is 56.4 Å². The van der Waals surface area contributed by atoms with Gasteiger partial charge in [-0.1, -0.05) is 11.5 Å². The molecule has 0 spiro atoms. The van der Waals surface area contributed by atoms with Crippen LogP contribution in [-0.2, 0) is 16.0 Å². The molecule has 0 unspecified atom stereocenters. The molecule has 0 radical (unpaired) electrons. The Hall–Kier alpha value is -2.93. The van der Waals surface area contributed by atoms with E-state index in [0.717, 1.165) is 27.8 Å². The lowest BCUT2D eigenvalue weighted by molar-refractivity contribution is -0.130. The Morgan fingerprint density at radius 2 is 1.87 bits per heavy atom. The molecule has 0 aliphatic heterocycles. The van der Waals surface area contributed by atoms with Crippen molar-refractivity contribution in [3.63, 3.8) is 0 Å². The van der Waals surface area contributed by atoms with Crippen LogP contribution in [0, 0.1) is 43.4 Å². The zero-order valence-electron chi connectivity index (χ0n) is 18.1. The van der Waals surface area contributed by atoms with E-state index in [1.165, 1.54) is 6.92 Å². The van der Waals surface area contributed by atoms with Crippen molar-refractivity contribution >= 4 is 17.3 Å². The Labute approximate surface area is 177 Å². The summed E-state index contributed by atoms with van der Waals surface area (Å²) in [5.74, 6) is 1.40. The molecule has 154 valence electrons. The maximum Gasteiger partial charge on any atom is 0.193 e. The maximum atomic E-state index is 13.6. The zero-order chi connectivity index (χ0) is 22.1. The highest BCUT2D eigenvalue weighted by molar-refractivity contribution is 6.23. The molecule has 0 fully saturated rings. The van der Waals surface area contributed by atoms with Gasteiger partial charge in [0.2, 0.25) is 0 Å². The number of hydrogen-bond acceptors (Lipinski definition) is 4. The summed E-state index contributed by atoms with van der Waals surface area (Å²) in [5.41, 5.74) is 4.06. The number of hydrogen-bond donors (Lipinski definition) is 1. The molecule has 0 saturated heterocycles. The van der Waals surface area contributed by atoms with E-state index >= 15 is 0 Å². The lowest BCUT2D eigenvalue weighted by Gasteiger charge is -2.47. The molecule has 4 rings (SSSR count). The minimum Gasteiger partial charge on any atom is -0.511 e. The summed E-state index contributed by atoms with van der Waals surface area (Å²) in [6.07, 6.45) is 7.45. The standard InChI is InChI=1S/C26H26O4/c1-7-16-9-17-10-18-11-19-8-12(2)20(15(5)27)24(29)26(19,6)25(30)22(18)23(28)21(17)14(4)13(16)3/h1,9,18-19,30H,8,10-11H2,2-6H3/t18-,19+,26-/m1/s1. The second-order valence-electron chi connectivity index (χ2n) is 9.22. The number of carbonyl (C=O) groups is 3. The van der Waals surface area contributed by atoms with E-state index in [1.807, 2.05) is 26.8 Å². The number of carbonyl (C=O) groups excluding carboxylic acids is 3. The number of benzene rings is 1. The maximum absolute atomic E-state index is 13.6. The van der Waals surface area contributed by atoms with Crippen molar-refractivity contribution < 1.29 is 19.5 Å². The average molecular weight is 402 g/mol. The molecule has 0 aromatic heterocycles. The Morgan fingerprint density at radius 3 is 2.47 bits per heavy atom. The summed E-state index contributed by atoms with van der Waals surface area (Å²) in [6.45, 7) is 8.67. The highest BCUT2D eigenvalue weighted by Gasteiger charge is 2.56. The number of fused-ring (bicyclic) bond motifs is 3. The van der Waals surface area contributed by atoms with Crippen molar-refractivity contribution in [2.24, 2.45) is 17.3 Å².